The van der Waals surface area contributed by atoms with Gasteiger partial charge in [0.05, 0.1) is 12.8 Å². The molecule has 1 aromatic rings. The van der Waals surface area contributed by atoms with Gasteiger partial charge in [0, 0.05) is 16.6 Å². The first-order valence-electron chi connectivity index (χ1n) is 4.77. The molecular formula is C11H16BrNO. The number of anilines is 1. The van der Waals surface area contributed by atoms with Gasteiger partial charge < -0.3 is 10.1 Å². The van der Waals surface area contributed by atoms with E-state index in [1.165, 1.54) is 0 Å². The smallest absolute Gasteiger partial charge is 0.121 e. The van der Waals surface area contributed by atoms with Crippen LogP contribution in [-0.4, -0.2) is 13.2 Å². The molecule has 1 unspecified atom stereocenters. The molecule has 1 N–H and O–H groups in total. The second kappa shape index (κ2) is 5.25. The van der Waals surface area contributed by atoms with Crippen molar-refractivity contribution in [3.8, 4) is 5.75 Å². The third-order valence-corrected chi connectivity index (χ3v) is 2.88. The summed E-state index contributed by atoms with van der Waals surface area (Å²) in [4.78, 5) is 0. The fourth-order valence-corrected chi connectivity index (χ4v) is 1.47. The molecule has 0 saturated heterocycles. The fourth-order valence-electron chi connectivity index (χ4n) is 1.11. The van der Waals surface area contributed by atoms with E-state index in [0.717, 1.165) is 22.3 Å². The first-order chi connectivity index (χ1) is 6.67. The van der Waals surface area contributed by atoms with Gasteiger partial charge in [-0.2, -0.15) is 0 Å². The molecule has 0 aliphatic heterocycles. The van der Waals surface area contributed by atoms with Crippen molar-refractivity contribution < 1.29 is 4.74 Å². The fraction of sp³-hybridized carbons (Fsp3) is 0.455. The van der Waals surface area contributed by atoms with Crippen molar-refractivity contribution in [2.24, 2.45) is 0 Å². The van der Waals surface area contributed by atoms with Crippen LogP contribution >= 0.6 is 15.9 Å². The molecule has 0 saturated carbocycles. The second-order valence-electron chi connectivity index (χ2n) is 3.30. The number of nitrogens with one attached hydrogen (secondary N) is 1. The van der Waals surface area contributed by atoms with E-state index in [-0.39, 0.29) is 0 Å². The highest BCUT2D eigenvalue weighted by Gasteiger charge is 2.04. The minimum atomic E-state index is 0.471. The van der Waals surface area contributed by atoms with Gasteiger partial charge in [0.1, 0.15) is 5.75 Å². The molecule has 0 bridgehead atoms. The Labute approximate surface area is 93.8 Å². The molecule has 2 nitrogen and oxygen atoms in total. The van der Waals surface area contributed by atoms with Crippen molar-refractivity contribution in [1.29, 1.82) is 0 Å². The Bertz CT molecular complexity index is 301. The van der Waals surface area contributed by atoms with Crippen LogP contribution in [0.5, 0.6) is 5.75 Å². The topological polar surface area (TPSA) is 21.3 Å². The molecule has 1 aromatic carbocycles. The van der Waals surface area contributed by atoms with Crippen LogP contribution in [0.25, 0.3) is 0 Å². The van der Waals surface area contributed by atoms with Gasteiger partial charge in [0.2, 0.25) is 0 Å². The molecule has 1 rings (SSSR count). The predicted octanol–water partition coefficient (Wildman–Crippen LogP) is 3.67. The summed E-state index contributed by atoms with van der Waals surface area (Å²) in [6.45, 7) is 4.32. The second-order valence-corrected chi connectivity index (χ2v) is 4.15. The lowest BCUT2D eigenvalue weighted by Crippen LogP contribution is -2.13. The van der Waals surface area contributed by atoms with Gasteiger partial charge in [0.25, 0.3) is 0 Å². The van der Waals surface area contributed by atoms with E-state index in [1.54, 1.807) is 7.11 Å². The normalized spacial score (nSPS) is 12.3. The Morgan fingerprint density at radius 2 is 2.21 bits per heavy atom. The Morgan fingerprint density at radius 3 is 2.79 bits per heavy atom. The average molecular weight is 258 g/mol. The maximum Gasteiger partial charge on any atom is 0.121 e. The van der Waals surface area contributed by atoms with Crippen LogP contribution in [0.2, 0.25) is 0 Å². The summed E-state index contributed by atoms with van der Waals surface area (Å²) in [6.07, 6.45) is 1.10. The summed E-state index contributed by atoms with van der Waals surface area (Å²) >= 11 is 3.50. The molecule has 0 aliphatic carbocycles. The van der Waals surface area contributed by atoms with E-state index in [4.69, 9.17) is 4.74 Å². The average Bonchev–Trinajstić information content (AvgIpc) is 2.21. The lowest BCUT2D eigenvalue weighted by atomic mass is 10.2. The van der Waals surface area contributed by atoms with Crippen molar-refractivity contribution in [3.63, 3.8) is 0 Å². The highest BCUT2D eigenvalue weighted by molar-refractivity contribution is 9.10. The molecule has 0 aliphatic rings. The summed E-state index contributed by atoms with van der Waals surface area (Å²) < 4.78 is 6.23. The first kappa shape index (κ1) is 11.4. The Kier molecular flexibility index (Phi) is 4.26. The van der Waals surface area contributed by atoms with Crippen LogP contribution in [-0.2, 0) is 0 Å². The van der Waals surface area contributed by atoms with Crippen LogP contribution in [0.3, 0.4) is 0 Å². The zero-order valence-corrected chi connectivity index (χ0v) is 10.4. The molecule has 0 spiro atoms. The molecule has 1 atom stereocenters. The highest BCUT2D eigenvalue weighted by Crippen LogP contribution is 2.27. The van der Waals surface area contributed by atoms with Crippen LogP contribution in [0.1, 0.15) is 20.3 Å². The molecule has 0 amide bonds. The van der Waals surface area contributed by atoms with Crippen molar-refractivity contribution in [1.82, 2.24) is 0 Å². The summed E-state index contributed by atoms with van der Waals surface area (Å²) in [6, 6.07) is 6.39. The lowest BCUT2D eigenvalue weighted by molar-refractivity contribution is 0.415. The number of hydrogen-bond acceptors (Lipinski definition) is 2. The van der Waals surface area contributed by atoms with E-state index < -0.39 is 0 Å². The summed E-state index contributed by atoms with van der Waals surface area (Å²) in [5.41, 5.74) is 1.08. The van der Waals surface area contributed by atoms with Crippen molar-refractivity contribution >= 4 is 21.6 Å². The minimum Gasteiger partial charge on any atom is -0.497 e. The van der Waals surface area contributed by atoms with Gasteiger partial charge in [-0.05, 0) is 41.4 Å². The number of methoxy groups -OCH3 is 1. The van der Waals surface area contributed by atoms with Crippen LogP contribution < -0.4 is 10.1 Å². The van der Waals surface area contributed by atoms with E-state index in [2.05, 4.69) is 35.1 Å². The lowest BCUT2D eigenvalue weighted by Gasteiger charge is -2.15. The van der Waals surface area contributed by atoms with Crippen molar-refractivity contribution in [2.45, 2.75) is 26.3 Å². The molecule has 0 aromatic heterocycles. The molecule has 3 heteroatoms. The zero-order chi connectivity index (χ0) is 10.6. The Balaban J connectivity index is 2.83. The van der Waals surface area contributed by atoms with E-state index in [1.807, 2.05) is 18.2 Å². The van der Waals surface area contributed by atoms with Crippen LogP contribution in [0.15, 0.2) is 22.7 Å². The standard InChI is InChI=1S/C11H16BrNO/c1-4-8(2)13-11-7-9(14-3)5-6-10(11)12/h5-8,13H,4H2,1-3H3. The maximum absolute atomic E-state index is 5.16. The van der Waals surface area contributed by atoms with Gasteiger partial charge in [-0.15, -0.1) is 0 Å². The molecule has 78 valence electrons. The number of benzene rings is 1. The van der Waals surface area contributed by atoms with Gasteiger partial charge in [-0.1, -0.05) is 6.92 Å². The van der Waals surface area contributed by atoms with Gasteiger partial charge in [0.15, 0.2) is 0 Å². The largest absolute Gasteiger partial charge is 0.497 e. The molecule has 14 heavy (non-hydrogen) atoms. The van der Waals surface area contributed by atoms with Crippen molar-refractivity contribution in [3.05, 3.63) is 22.7 Å². The highest BCUT2D eigenvalue weighted by atomic mass is 79.9. The third-order valence-electron chi connectivity index (χ3n) is 2.19. The Hall–Kier alpha value is -0.700. The maximum atomic E-state index is 5.16. The minimum absolute atomic E-state index is 0.471. The summed E-state index contributed by atoms with van der Waals surface area (Å²) in [5.74, 6) is 0.874. The van der Waals surface area contributed by atoms with Gasteiger partial charge in [-0.3, -0.25) is 0 Å². The van der Waals surface area contributed by atoms with E-state index >= 15 is 0 Å². The molecule has 0 radical (unpaired) electrons. The molecule has 0 heterocycles. The van der Waals surface area contributed by atoms with Gasteiger partial charge >= 0.3 is 0 Å². The third kappa shape index (κ3) is 2.91. The monoisotopic (exact) mass is 257 g/mol. The molecule has 0 fully saturated rings. The van der Waals surface area contributed by atoms with Crippen LogP contribution in [0, 0.1) is 0 Å². The number of hydrogen-bond donors (Lipinski definition) is 1. The SMILES string of the molecule is CCC(C)Nc1cc(OC)ccc1Br. The van der Waals surface area contributed by atoms with Crippen molar-refractivity contribution in [2.75, 3.05) is 12.4 Å². The Morgan fingerprint density at radius 1 is 1.50 bits per heavy atom. The number of rotatable bonds is 4. The number of ether oxygens (including phenoxy) is 1. The predicted molar refractivity (Wildman–Crippen MR) is 64.1 cm³/mol. The quantitative estimate of drug-likeness (QED) is 0.889. The first-order valence-corrected chi connectivity index (χ1v) is 5.56. The summed E-state index contributed by atoms with van der Waals surface area (Å²) in [5, 5.41) is 3.41. The zero-order valence-electron chi connectivity index (χ0n) is 8.80. The van der Waals surface area contributed by atoms with Crippen LogP contribution in [0.4, 0.5) is 5.69 Å². The van der Waals surface area contributed by atoms with E-state index in [0.29, 0.717) is 6.04 Å². The molecular weight excluding hydrogens is 242 g/mol. The number of halogens is 1. The van der Waals surface area contributed by atoms with E-state index in [9.17, 15) is 0 Å². The van der Waals surface area contributed by atoms with Gasteiger partial charge in [-0.25, -0.2) is 0 Å². The summed E-state index contributed by atoms with van der Waals surface area (Å²) in [7, 11) is 1.68.